The predicted octanol–water partition coefficient (Wildman–Crippen LogP) is 2.29. The van der Waals surface area contributed by atoms with Crippen molar-refractivity contribution in [1.29, 1.82) is 0 Å². The molecule has 0 spiro atoms. The molecule has 0 bridgehead atoms. The minimum Gasteiger partial charge on any atom is -0.496 e. The van der Waals surface area contributed by atoms with Gasteiger partial charge in [0.15, 0.2) is 6.29 Å². The van der Waals surface area contributed by atoms with Crippen molar-refractivity contribution in [2.24, 2.45) is 0 Å². The van der Waals surface area contributed by atoms with Crippen LogP contribution < -0.4 is 10.3 Å². The van der Waals surface area contributed by atoms with Crippen LogP contribution in [-0.4, -0.2) is 31.7 Å². The third kappa shape index (κ3) is 3.09. The van der Waals surface area contributed by atoms with E-state index in [9.17, 15) is 9.59 Å². The highest BCUT2D eigenvalue weighted by Crippen LogP contribution is 2.30. The number of aldehydes is 1. The molecule has 0 atom stereocenters. The molecule has 5 nitrogen and oxygen atoms in total. The number of carbonyl (C=O) groups is 1. The fourth-order valence-electron chi connectivity index (χ4n) is 2.35. The number of carbonyl (C=O) groups excluding carboxylic acids is 1. The first kappa shape index (κ1) is 16.0. The van der Waals surface area contributed by atoms with E-state index >= 15 is 0 Å². The van der Waals surface area contributed by atoms with Gasteiger partial charge in [-0.3, -0.25) is 9.59 Å². The maximum absolute atomic E-state index is 12.4. The summed E-state index contributed by atoms with van der Waals surface area (Å²) in [6.45, 7) is 2.72. The van der Waals surface area contributed by atoms with E-state index in [1.807, 2.05) is 25.1 Å². The molecule has 5 heteroatoms. The highest BCUT2D eigenvalue weighted by molar-refractivity contribution is 5.76. The number of methoxy groups -OCH3 is 2. The standard InChI is InChI=1S/C17H19NO4/c1-12-4-7-16(22-3)14(10-12)15-6-5-13(11-19)17(20)18(15)8-9-21-2/h4-7,10-11H,8-9H2,1-3H3. The summed E-state index contributed by atoms with van der Waals surface area (Å²) >= 11 is 0. The van der Waals surface area contributed by atoms with Crippen molar-refractivity contribution in [3.8, 4) is 17.0 Å². The fraction of sp³-hybridized carbons (Fsp3) is 0.294. The Labute approximate surface area is 129 Å². The van der Waals surface area contributed by atoms with Crippen LogP contribution in [0.25, 0.3) is 11.3 Å². The van der Waals surface area contributed by atoms with Crippen LogP contribution in [0.15, 0.2) is 35.1 Å². The molecule has 0 saturated heterocycles. The molecule has 0 aliphatic heterocycles. The van der Waals surface area contributed by atoms with Gasteiger partial charge in [-0.1, -0.05) is 11.6 Å². The summed E-state index contributed by atoms with van der Waals surface area (Å²) in [5.41, 5.74) is 2.38. The van der Waals surface area contributed by atoms with Gasteiger partial charge in [0, 0.05) is 19.2 Å². The Balaban J connectivity index is 2.69. The van der Waals surface area contributed by atoms with Gasteiger partial charge in [-0.15, -0.1) is 0 Å². The van der Waals surface area contributed by atoms with Crippen molar-refractivity contribution in [2.75, 3.05) is 20.8 Å². The van der Waals surface area contributed by atoms with E-state index in [2.05, 4.69) is 0 Å². The molecule has 2 rings (SSSR count). The van der Waals surface area contributed by atoms with Gasteiger partial charge in [0.25, 0.3) is 5.56 Å². The molecule has 1 heterocycles. The number of nitrogens with zero attached hydrogens (tertiary/aromatic N) is 1. The quantitative estimate of drug-likeness (QED) is 0.768. The molecule has 0 unspecified atom stereocenters. The summed E-state index contributed by atoms with van der Waals surface area (Å²) in [5.74, 6) is 0.676. The minimum atomic E-state index is -0.326. The summed E-state index contributed by atoms with van der Waals surface area (Å²) in [5, 5.41) is 0. The largest absolute Gasteiger partial charge is 0.496 e. The lowest BCUT2D eigenvalue weighted by molar-refractivity contribution is 0.112. The molecule has 116 valence electrons. The van der Waals surface area contributed by atoms with Gasteiger partial charge in [-0.05, 0) is 31.2 Å². The molecule has 0 amide bonds. The number of rotatable bonds is 6. The Morgan fingerprint density at radius 3 is 2.59 bits per heavy atom. The van der Waals surface area contributed by atoms with Crippen LogP contribution in [0.2, 0.25) is 0 Å². The van der Waals surface area contributed by atoms with E-state index in [1.165, 1.54) is 6.07 Å². The zero-order valence-electron chi connectivity index (χ0n) is 13.0. The molecule has 1 aromatic carbocycles. The molecule has 1 aromatic heterocycles. The average molecular weight is 301 g/mol. The van der Waals surface area contributed by atoms with Crippen LogP contribution in [0.1, 0.15) is 15.9 Å². The lowest BCUT2D eigenvalue weighted by Gasteiger charge is -2.16. The molecule has 0 aliphatic rings. The van der Waals surface area contributed by atoms with Gasteiger partial charge in [0.2, 0.25) is 0 Å². The summed E-state index contributed by atoms with van der Waals surface area (Å²) in [4.78, 5) is 23.4. The lowest BCUT2D eigenvalue weighted by Crippen LogP contribution is -2.26. The van der Waals surface area contributed by atoms with Gasteiger partial charge >= 0.3 is 0 Å². The third-order valence-electron chi connectivity index (χ3n) is 3.48. The molecule has 0 radical (unpaired) electrons. The molecule has 22 heavy (non-hydrogen) atoms. The van der Waals surface area contributed by atoms with Gasteiger partial charge in [-0.25, -0.2) is 0 Å². The zero-order valence-corrected chi connectivity index (χ0v) is 13.0. The Hall–Kier alpha value is -2.40. The average Bonchev–Trinajstić information content (AvgIpc) is 2.53. The Morgan fingerprint density at radius 1 is 1.18 bits per heavy atom. The number of hydrogen-bond donors (Lipinski definition) is 0. The van der Waals surface area contributed by atoms with Crippen LogP contribution >= 0.6 is 0 Å². The SMILES string of the molecule is COCCn1c(-c2cc(C)ccc2OC)ccc(C=O)c1=O. The van der Waals surface area contributed by atoms with Crippen molar-refractivity contribution in [3.63, 3.8) is 0 Å². The first-order chi connectivity index (χ1) is 10.6. The predicted molar refractivity (Wildman–Crippen MR) is 84.7 cm³/mol. The molecule has 0 aliphatic carbocycles. The molecular weight excluding hydrogens is 282 g/mol. The fourth-order valence-corrected chi connectivity index (χ4v) is 2.35. The van der Waals surface area contributed by atoms with Crippen LogP contribution in [0.3, 0.4) is 0 Å². The lowest BCUT2D eigenvalue weighted by atomic mass is 10.1. The summed E-state index contributed by atoms with van der Waals surface area (Å²) in [6, 6.07) is 9.06. The second kappa shape index (κ2) is 7.04. The maximum atomic E-state index is 12.4. The number of pyridine rings is 1. The molecule has 0 N–H and O–H groups in total. The van der Waals surface area contributed by atoms with Crippen LogP contribution in [-0.2, 0) is 11.3 Å². The smallest absolute Gasteiger partial charge is 0.261 e. The van der Waals surface area contributed by atoms with Gasteiger partial charge in [-0.2, -0.15) is 0 Å². The van der Waals surface area contributed by atoms with Gasteiger partial charge in [0.05, 0.1) is 25.0 Å². The monoisotopic (exact) mass is 301 g/mol. The van der Waals surface area contributed by atoms with Crippen LogP contribution in [0.4, 0.5) is 0 Å². The molecule has 2 aromatic rings. The molecule has 0 saturated carbocycles. The van der Waals surface area contributed by atoms with Crippen LogP contribution in [0, 0.1) is 6.92 Å². The summed E-state index contributed by atoms with van der Waals surface area (Å²) < 4.78 is 12.0. The van der Waals surface area contributed by atoms with Crippen molar-refractivity contribution >= 4 is 6.29 Å². The number of hydrogen-bond acceptors (Lipinski definition) is 4. The number of ether oxygens (including phenoxy) is 2. The van der Waals surface area contributed by atoms with Gasteiger partial charge in [0.1, 0.15) is 5.75 Å². The summed E-state index contributed by atoms with van der Waals surface area (Å²) in [7, 11) is 3.16. The second-order valence-corrected chi connectivity index (χ2v) is 4.95. The van der Waals surface area contributed by atoms with E-state index < -0.39 is 0 Å². The van der Waals surface area contributed by atoms with E-state index in [4.69, 9.17) is 9.47 Å². The second-order valence-electron chi connectivity index (χ2n) is 4.95. The first-order valence-corrected chi connectivity index (χ1v) is 6.95. The molecular formula is C17H19NO4. The maximum Gasteiger partial charge on any atom is 0.261 e. The first-order valence-electron chi connectivity index (χ1n) is 6.95. The van der Waals surface area contributed by atoms with E-state index in [1.54, 1.807) is 24.9 Å². The van der Waals surface area contributed by atoms with Gasteiger partial charge < -0.3 is 14.0 Å². The Bertz CT molecular complexity index is 734. The van der Waals surface area contributed by atoms with Crippen LogP contribution in [0.5, 0.6) is 5.75 Å². The molecule has 0 fully saturated rings. The Kier molecular flexibility index (Phi) is 5.12. The van der Waals surface area contributed by atoms with E-state index in [0.29, 0.717) is 30.9 Å². The number of aromatic nitrogens is 1. The third-order valence-corrected chi connectivity index (χ3v) is 3.48. The summed E-state index contributed by atoms with van der Waals surface area (Å²) in [6.07, 6.45) is 0.572. The Morgan fingerprint density at radius 2 is 1.95 bits per heavy atom. The zero-order chi connectivity index (χ0) is 16.1. The van der Waals surface area contributed by atoms with Crippen molar-refractivity contribution in [3.05, 3.63) is 51.8 Å². The topological polar surface area (TPSA) is 57.5 Å². The van der Waals surface area contributed by atoms with E-state index in [0.717, 1.165) is 11.1 Å². The highest BCUT2D eigenvalue weighted by Gasteiger charge is 2.14. The number of benzene rings is 1. The highest BCUT2D eigenvalue weighted by atomic mass is 16.5. The van der Waals surface area contributed by atoms with Crippen molar-refractivity contribution < 1.29 is 14.3 Å². The normalized spacial score (nSPS) is 10.5. The van der Waals surface area contributed by atoms with E-state index in [-0.39, 0.29) is 11.1 Å². The van der Waals surface area contributed by atoms with Crippen molar-refractivity contribution in [2.45, 2.75) is 13.5 Å². The minimum absolute atomic E-state index is 0.131. The van der Waals surface area contributed by atoms with Crippen molar-refractivity contribution in [1.82, 2.24) is 4.57 Å². The number of aryl methyl sites for hydroxylation is 1.